The van der Waals surface area contributed by atoms with Gasteiger partial charge in [0.1, 0.15) is 0 Å². The molecule has 0 bridgehead atoms. The summed E-state index contributed by atoms with van der Waals surface area (Å²) in [5.41, 5.74) is 1.53. The molecule has 1 aliphatic carbocycles. The highest BCUT2D eigenvalue weighted by Crippen LogP contribution is 2.25. The predicted octanol–water partition coefficient (Wildman–Crippen LogP) is 4.19. The van der Waals surface area contributed by atoms with E-state index in [-0.39, 0.29) is 0 Å². The van der Waals surface area contributed by atoms with Crippen molar-refractivity contribution in [1.82, 2.24) is 0 Å². The molecule has 0 amide bonds. The van der Waals surface area contributed by atoms with E-state index in [4.69, 9.17) is 0 Å². The van der Waals surface area contributed by atoms with Crippen molar-refractivity contribution in [2.45, 2.75) is 40.5 Å². The van der Waals surface area contributed by atoms with Gasteiger partial charge in [0, 0.05) is 0 Å². The van der Waals surface area contributed by atoms with Crippen molar-refractivity contribution in [3.05, 3.63) is 23.8 Å². The molecule has 0 fully saturated rings. The Bertz CT molecular complexity index is 206. The summed E-state index contributed by atoms with van der Waals surface area (Å²) < 4.78 is 0. The summed E-state index contributed by atoms with van der Waals surface area (Å²) in [5, 5.41) is 0. The third kappa shape index (κ3) is 3.38. The summed E-state index contributed by atoms with van der Waals surface area (Å²) in [6.45, 7) is 9.17. The van der Waals surface area contributed by atoms with Crippen LogP contribution in [0.3, 0.4) is 0 Å². The van der Waals surface area contributed by atoms with Gasteiger partial charge < -0.3 is 0 Å². The van der Waals surface area contributed by atoms with E-state index in [1.54, 1.807) is 0 Å². The Labute approximate surface area is 82.7 Å². The van der Waals surface area contributed by atoms with Gasteiger partial charge in [0.15, 0.2) is 0 Å². The quantitative estimate of drug-likeness (QED) is 0.608. The van der Waals surface area contributed by atoms with E-state index < -0.39 is 0 Å². The molecule has 1 rings (SSSR count). The average molecular weight is 178 g/mol. The molecule has 0 radical (unpaired) electrons. The van der Waals surface area contributed by atoms with Gasteiger partial charge in [-0.25, -0.2) is 0 Å². The van der Waals surface area contributed by atoms with Gasteiger partial charge in [-0.15, -0.1) is 0 Å². The van der Waals surface area contributed by atoms with Gasteiger partial charge in [-0.1, -0.05) is 51.5 Å². The Morgan fingerprint density at radius 2 is 2.00 bits per heavy atom. The lowest BCUT2D eigenvalue weighted by atomic mass is 9.86. The SMILES string of the molecule is CC(C)CC1=CCC(C(C)C)C=C1. The minimum absolute atomic E-state index is 0.774. The zero-order valence-electron chi connectivity index (χ0n) is 9.38. The topological polar surface area (TPSA) is 0 Å². The maximum Gasteiger partial charge on any atom is -0.0172 e. The maximum atomic E-state index is 2.42. The van der Waals surface area contributed by atoms with Gasteiger partial charge in [0.2, 0.25) is 0 Å². The molecule has 0 nitrogen and oxygen atoms in total. The van der Waals surface area contributed by atoms with Crippen LogP contribution in [0.1, 0.15) is 40.5 Å². The first kappa shape index (κ1) is 10.6. The fraction of sp³-hybridized carbons (Fsp3) is 0.692. The third-order valence-electron chi connectivity index (χ3n) is 2.71. The largest absolute Gasteiger partial charge is 0.0807 e. The second kappa shape index (κ2) is 4.64. The number of hydrogen-bond acceptors (Lipinski definition) is 0. The molecule has 0 heteroatoms. The van der Waals surface area contributed by atoms with Crippen LogP contribution < -0.4 is 0 Å². The lowest BCUT2D eigenvalue weighted by molar-refractivity contribution is 0.464. The molecule has 0 heterocycles. The summed E-state index contributed by atoms with van der Waals surface area (Å²) in [7, 11) is 0. The van der Waals surface area contributed by atoms with Crippen molar-refractivity contribution in [2.75, 3.05) is 0 Å². The molecule has 0 saturated carbocycles. The van der Waals surface area contributed by atoms with Crippen molar-refractivity contribution in [3.63, 3.8) is 0 Å². The molecule has 0 aromatic carbocycles. The zero-order chi connectivity index (χ0) is 9.84. The minimum atomic E-state index is 0.774. The molecule has 1 unspecified atom stereocenters. The first-order valence-corrected chi connectivity index (χ1v) is 5.47. The molecule has 0 saturated heterocycles. The van der Waals surface area contributed by atoms with E-state index in [1.807, 2.05) is 0 Å². The van der Waals surface area contributed by atoms with Crippen molar-refractivity contribution >= 4 is 0 Å². The molecule has 1 aliphatic rings. The molecule has 74 valence electrons. The summed E-state index contributed by atoms with van der Waals surface area (Å²) in [6.07, 6.45) is 9.62. The van der Waals surface area contributed by atoms with Crippen LogP contribution in [-0.4, -0.2) is 0 Å². The van der Waals surface area contributed by atoms with Gasteiger partial charge in [-0.3, -0.25) is 0 Å². The standard InChI is InChI=1S/C13H22/c1-10(2)9-12-5-7-13(8-6-12)11(3)4/h5-7,10-11,13H,8-9H2,1-4H3. The van der Waals surface area contributed by atoms with Crippen LogP contribution in [0.25, 0.3) is 0 Å². The van der Waals surface area contributed by atoms with Crippen molar-refractivity contribution < 1.29 is 0 Å². The zero-order valence-corrected chi connectivity index (χ0v) is 9.38. The van der Waals surface area contributed by atoms with Crippen LogP contribution in [0.2, 0.25) is 0 Å². The Morgan fingerprint density at radius 1 is 1.31 bits per heavy atom. The predicted molar refractivity (Wildman–Crippen MR) is 59.6 cm³/mol. The smallest absolute Gasteiger partial charge is 0.0172 e. The minimum Gasteiger partial charge on any atom is -0.0807 e. The fourth-order valence-electron chi connectivity index (χ4n) is 1.80. The number of rotatable bonds is 3. The van der Waals surface area contributed by atoms with Crippen LogP contribution in [0, 0.1) is 17.8 Å². The van der Waals surface area contributed by atoms with Gasteiger partial charge >= 0.3 is 0 Å². The summed E-state index contributed by atoms with van der Waals surface area (Å²) in [5.74, 6) is 2.34. The van der Waals surface area contributed by atoms with Crippen LogP contribution >= 0.6 is 0 Å². The Balaban J connectivity index is 2.45. The van der Waals surface area contributed by atoms with Crippen LogP contribution in [-0.2, 0) is 0 Å². The fourth-order valence-corrected chi connectivity index (χ4v) is 1.80. The van der Waals surface area contributed by atoms with E-state index >= 15 is 0 Å². The number of allylic oxidation sites excluding steroid dienone is 4. The lowest BCUT2D eigenvalue weighted by Gasteiger charge is -2.20. The van der Waals surface area contributed by atoms with Crippen molar-refractivity contribution in [2.24, 2.45) is 17.8 Å². The Kier molecular flexibility index (Phi) is 3.77. The van der Waals surface area contributed by atoms with Crippen LogP contribution in [0.5, 0.6) is 0 Å². The second-order valence-electron chi connectivity index (χ2n) is 4.88. The van der Waals surface area contributed by atoms with Gasteiger partial charge in [0.25, 0.3) is 0 Å². The van der Waals surface area contributed by atoms with Crippen molar-refractivity contribution in [1.29, 1.82) is 0 Å². The third-order valence-corrected chi connectivity index (χ3v) is 2.71. The number of hydrogen-bond donors (Lipinski definition) is 0. The van der Waals surface area contributed by atoms with E-state index in [2.05, 4.69) is 45.9 Å². The summed E-state index contributed by atoms with van der Waals surface area (Å²) >= 11 is 0. The Morgan fingerprint density at radius 3 is 2.38 bits per heavy atom. The molecule has 0 aliphatic heterocycles. The molecule has 1 atom stereocenters. The van der Waals surface area contributed by atoms with E-state index in [0.717, 1.165) is 17.8 Å². The Hall–Kier alpha value is -0.520. The molecular formula is C13H22. The maximum absolute atomic E-state index is 2.42. The van der Waals surface area contributed by atoms with Gasteiger partial charge in [-0.05, 0) is 30.6 Å². The normalized spacial score (nSPS) is 22.6. The molecule has 0 N–H and O–H groups in total. The highest BCUT2D eigenvalue weighted by Gasteiger charge is 2.12. The lowest BCUT2D eigenvalue weighted by Crippen LogP contribution is -2.07. The molecular weight excluding hydrogens is 156 g/mol. The van der Waals surface area contributed by atoms with Crippen LogP contribution in [0.4, 0.5) is 0 Å². The summed E-state index contributed by atoms with van der Waals surface area (Å²) in [6, 6.07) is 0. The first-order chi connectivity index (χ1) is 6.09. The second-order valence-corrected chi connectivity index (χ2v) is 4.88. The summed E-state index contributed by atoms with van der Waals surface area (Å²) in [4.78, 5) is 0. The van der Waals surface area contributed by atoms with Gasteiger partial charge in [-0.2, -0.15) is 0 Å². The molecule has 13 heavy (non-hydrogen) atoms. The highest BCUT2D eigenvalue weighted by molar-refractivity contribution is 5.24. The highest BCUT2D eigenvalue weighted by atomic mass is 14.2. The molecule has 0 aromatic rings. The van der Waals surface area contributed by atoms with Crippen molar-refractivity contribution in [3.8, 4) is 0 Å². The monoisotopic (exact) mass is 178 g/mol. The first-order valence-electron chi connectivity index (χ1n) is 5.47. The average Bonchev–Trinajstić information content (AvgIpc) is 2.04. The molecule has 0 spiro atoms. The van der Waals surface area contributed by atoms with Crippen LogP contribution in [0.15, 0.2) is 23.8 Å². The van der Waals surface area contributed by atoms with Gasteiger partial charge in [0.05, 0.1) is 0 Å². The van der Waals surface area contributed by atoms with E-state index in [1.165, 1.54) is 18.4 Å². The molecule has 0 aromatic heterocycles. The van der Waals surface area contributed by atoms with E-state index in [0.29, 0.717) is 0 Å². The van der Waals surface area contributed by atoms with E-state index in [9.17, 15) is 0 Å².